The number of terminal acetylenes is 1. The van der Waals surface area contributed by atoms with Gasteiger partial charge in [0.1, 0.15) is 12.1 Å². The Kier molecular flexibility index (Phi) is 4.32. The fraction of sp³-hybridized carbons (Fsp3) is 0.636. The van der Waals surface area contributed by atoms with Crippen molar-refractivity contribution in [2.45, 2.75) is 44.4 Å². The molecule has 1 aliphatic rings. The first-order valence-corrected chi connectivity index (χ1v) is 5.16. The molecule has 1 heterocycles. The number of rotatable bonds is 4. The molecule has 5 nitrogen and oxygen atoms in total. The summed E-state index contributed by atoms with van der Waals surface area (Å²) in [4.78, 5) is 22.4. The largest absolute Gasteiger partial charge is 0.480 e. The molecule has 1 saturated heterocycles. The number of amides is 1. The van der Waals surface area contributed by atoms with Crippen LogP contribution in [0.2, 0.25) is 0 Å². The van der Waals surface area contributed by atoms with Crippen LogP contribution in [0.5, 0.6) is 0 Å². The first kappa shape index (κ1) is 12.5. The molecule has 0 aromatic rings. The summed E-state index contributed by atoms with van der Waals surface area (Å²) in [6.07, 6.45) is 5.93. The van der Waals surface area contributed by atoms with Crippen molar-refractivity contribution in [2.75, 3.05) is 0 Å². The van der Waals surface area contributed by atoms with Crippen LogP contribution in [0, 0.1) is 12.3 Å². The van der Waals surface area contributed by atoms with E-state index >= 15 is 0 Å². The Balaban J connectivity index is 2.49. The molecular weight excluding hydrogens is 210 g/mol. The van der Waals surface area contributed by atoms with Crippen molar-refractivity contribution >= 4 is 11.9 Å². The monoisotopic (exact) mass is 225 g/mol. The number of carbonyl (C=O) groups is 2. The number of carboxylic acid groups (broad SMARTS) is 1. The second-order valence-corrected chi connectivity index (χ2v) is 3.82. The minimum absolute atomic E-state index is 0.0245. The number of hydrogen-bond acceptors (Lipinski definition) is 3. The second-order valence-electron chi connectivity index (χ2n) is 3.82. The minimum Gasteiger partial charge on any atom is -0.480 e. The van der Waals surface area contributed by atoms with Crippen LogP contribution < -0.4 is 5.32 Å². The molecule has 1 rings (SSSR count). The highest BCUT2D eigenvalue weighted by Gasteiger charge is 2.30. The molecule has 16 heavy (non-hydrogen) atoms. The highest BCUT2D eigenvalue weighted by atomic mass is 16.5. The zero-order chi connectivity index (χ0) is 12.1. The van der Waals surface area contributed by atoms with Gasteiger partial charge in [0, 0.05) is 6.42 Å². The van der Waals surface area contributed by atoms with E-state index in [9.17, 15) is 9.59 Å². The molecule has 2 N–H and O–H groups in total. The van der Waals surface area contributed by atoms with Crippen molar-refractivity contribution in [3.63, 3.8) is 0 Å². The van der Waals surface area contributed by atoms with Crippen LogP contribution in [0.25, 0.3) is 0 Å². The second kappa shape index (κ2) is 5.52. The van der Waals surface area contributed by atoms with Gasteiger partial charge in [0.25, 0.3) is 0 Å². The fourth-order valence-electron chi connectivity index (χ4n) is 1.58. The van der Waals surface area contributed by atoms with Crippen molar-refractivity contribution in [1.29, 1.82) is 0 Å². The molecule has 0 aromatic carbocycles. The fourth-order valence-corrected chi connectivity index (χ4v) is 1.58. The molecule has 0 aromatic heterocycles. The molecule has 5 heteroatoms. The van der Waals surface area contributed by atoms with E-state index in [0.29, 0.717) is 6.42 Å². The highest BCUT2D eigenvalue weighted by Crippen LogP contribution is 2.19. The molecule has 1 amide bonds. The summed E-state index contributed by atoms with van der Waals surface area (Å²) in [5.74, 6) is 0.694. The highest BCUT2D eigenvalue weighted by molar-refractivity contribution is 5.86. The third-order valence-electron chi connectivity index (χ3n) is 2.46. The van der Waals surface area contributed by atoms with E-state index in [0.717, 1.165) is 6.42 Å². The average molecular weight is 225 g/mol. The van der Waals surface area contributed by atoms with Gasteiger partial charge in [-0.1, -0.05) is 0 Å². The van der Waals surface area contributed by atoms with E-state index in [4.69, 9.17) is 16.3 Å². The number of aliphatic carboxylic acids is 1. The van der Waals surface area contributed by atoms with Crippen LogP contribution in [-0.4, -0.2) is 35.2 Å². The third-order valence-corrected chi connectivity index (χ3v) is 2.46. The van der Waals surface area contributed by atoms with Gasteiger partial charge in [-0.3, -0.25) is 4.79 Å². The normalized spacial score (nSPS) is 25.8. The average Bonchev–Trinajstić information content (AvgIpc) is 2.64. The number of carboxylic acids is 1. The van der Waals surface area contributed by atoms with Crippen LogP contribution in [-0.2, 0) is 14.3 Å². The molecule has 0 spiro atoms. The van der Waals surface area contributed by atoms with Gasteiger partial charge in [-0.15, -0.1) is 12.3 Å². The van der Waals surface area contributed by atoms with E-state index in [1.54, 1.807) is 0 Å². The Morgan fingerprint density at radius 3 is 2.75 bits per heavy atom. The van der Waals surface area contributed by atoms with Crippen molar-refractivity contribution < 1.29 is 19.4 Å². The summed E-state index contributed by atoms with van der Waals surface area (Å²) in [6.45, 7) is 1.88. The van der Waals surface area contributed by atoms with Crippen molar-refractivity contribution in [3.05, 3.63) is 0 Å². The Bertz CT molecular complexity index is 320. The quantitative estimate of drug-likeness (QED) is 0.668. The molecule has 88 valence electrons. The molecule has 0 aliphatic carbocycles. The van der Waals surface area contributed by atoms with E-state index in [1.165, 1.54) is 0 Å². The van der Waals surface area contributed by atoms with Gasteiger partial charge in [-0.2, -0.15) is 0 Å². The Labute approximate surface area is 94.2 Å². The van der Waals surface area contributed by atoms with Gasteiger partial charge in [-0.05, 0) is 19.8 Å². The van der Waals surface area contributed by atoms with Crippen molar-refractivity contribution in [3.8, 4) is 12.3 Å². The molecule has 3 atom stereocenters. The van der Waals surface area contributed by atoms with Gasteiger partial charge in [0.15, 0.2) is 0 Å². The van der Waals surface area contributed by atoms with Gasteiger partial charge in [-0.25, -0.2) is 4.79 Å². The number of carbonyl (C=O) groups excluding carboxylic acids is 1. The first-order valence-electron chi connectivity index (χ1n) is 5.16. The first-order chi connectivity index (χ1) is 7.54. The summed E-state index contributed by atoms with van der Waals surface area (Å²) in [5.41, 5.74) is 0. The van der Waals surface area contributed by atoms with Gasteiger partial charge >= 0.3 is 5.97 Å². The molecule has 0 bridgehead atoms. The molecule has 1 fully saturated rings. The lowest BCUT2D eigenvalue weighted by molar-refractivity contribution is -0.143. The number of hydrogen-bond donors (Lipinski definition) is 2. The Morgan fingerprint density at radius 2 is 2.31 bits per heavy atom. The molecule has 1 aliphatic heterocycles. The number of nitrogens with one attached hydrogen (secondary N) is 1. The predicted octanol–water partition coefficient (Wildman–Crippen LogP) is 0.147. The maximum Gasteiger partial charge on any atom is 0.327 e. The van der Waals surface area contributed by atoms with Crippen LogP contribution in [0.3, 0.4) is 0 Å². The summed E-state index contributed by atoms with van der Waals surface area (Å²) < 4.78 is 5.33. The number of ether oxygens (including phenoxy) is 1. The standard InChI is InChI=1S/C11H15NO4/c1-3-4-8(11(14)15)12-10(13)9-6-5-7(2)16-9/h1,7-9H,4-6H2,2H3,(H,12,13)(H,14,15). The molecule has 0 radical (unpaired) electrons. The van der Waals surface area contributed by atoms with Gasteiger partial charge in [0.05, 0.1) is 6.10 Å². The summed E-state index contributed by atoms with van der Waals surface area (Å²) in [7, 11) is 0. The maximum atomic E-state index is 11.6. The smallest absolute Gasteiger partial charge is 0.327 e. The predicted molar refractivity (Wildman–Crippen MR) is 56.6 cm³/mol. The van der Waals surface area contributed by atoms with Crippen LogP contribution in [0.15, 0.2) is 0 Å². The lowest BCUT2D eigenvalue weighted by Gasteiger charge is -2.15. The van der Waals surface area contributed by atoms with Crippen LogP contribution in [0.1, 0.15) is 26.2 Å². The summed E-state index contributed by atoms with van der Waals surface area (Å²) >= 11 is 0. The van der Waals surface area contributed by atoms with Crippen LogP contribution >= 0.6 is 0 Å². The summed E-state index contributed by atoms with van der Waals surface area (Å²) in [5, 5.41) is 11.2. The topological polar surface area (TPSA) is 75.6 Å². The lowest BCUT2D eigenvalue weighted by Crippen LogP contribution is -2.45. The molecular formula is C11H15NO4. The molecule has 0 saturated carbocycles. The Hall–Kier alpha value is -1.54. The third kappa shape index (κ3) is 3.24. The summed E-state index contributed by atoms with van der Waals surface area (Å²) in [6, 6.07) is -1.03. The molecule has 3 unspecified atom stereocenters. The van der Waals surface area contributed by atoms with E-state index in [2.05, 4.69) is 11.2 Å². The zero-order valence-corrected chi connectivity index (χ0v) is 9.10. The van der Waals surface area contributed by atoms with E-state index in [1.807, 2.05) is 6.92 Å². The zero-order valence-electron chi connectivity index (χ0n) is 9.10. The van der Waals surface area contributed by atoms with Gasteiger partial charge < -0.3 is 15.2 Å². The van der Waals surface area contributed by atoms with E-state index < -0.39 is 24.0 Å². The van der Waals surface area contributed by atoms with Crippen LogP contribution in [0.4, 0.5) is 0 Å². The van der Waals surface area contributed by atoms with Gasteiger partial charge in [0.2, 0.25) is 5.91 Å². The van der Waals surface area contributed by atoms with Crippen molar-refractivity contribution in [1.82, 2.24) is 5.32 Å². The SMILES string of the molecule is C#CCC(NC(=O)C1CCC(C)O1)C(=O)O. The van der Waals surface area contributed by atoms with Crippen molar-refractivity contribution in [2.24, 2.45) is 0 Å². The van der Waals surface area contributed by atoms with E-state index in [-0.39, 0.29) is 12.5 Å². The minimum atomic E-state index is -1.13. The lowest BCUT2D eigenvalue weighted by atomic mass is 10.1. The maximum absolute atomic E-state index is 11.6. The Morgan fingerprint density at radius 1 is 1.62 bits per heavy atom.